The van der Waals surface area contributed by atoms with E-state index in [0.29, 0.717) is 48.2 Å². The van der Waals surface area contributed by atoms with Crippen molar-refractivity contribution < 1.29 is 18.7 Å². The lowest BCUT2D eigenvalue weighted by atomic mass is 10.1. The van der Waals surface area contributed by atoms with E-state index in [1.54, 1.807) is 18.2 Å². The number of nitrogens with zero attached hydrogens (tertiary/aromatic N) is 3. The quantitative estimate of drug-likeness (QED) is 0.444. The number of anilines is 1. The summed E-state index contributed by atoms with van der Waals surface area (Å²) in [6.07, 6.45) is 2.89. The molecular formula is C26H27FN6O3. The molecule has 10 heteroatoms. The van der Waals surface area contributed by atoms with Gasteiger partial charge in [0.2, 0.25) is 5.91 Å². The van der Waals surface area contributed by atoms with E-state index in [2.05, 4.69) is 25.5 Å². The minimum absolute atomic E-state index is 0.0497. The van der Waals surface area contributed by atoms with Crippen LogP contribution in [-0.2, 0) is 11.3 Å². The van der Waals surface area contributed by atoms with Crippen LogP contribution in [0.1, 0.15) is 35.3 Å². The molecule has 36 heavy (non-hydrogen) atoms. The van der Waals surface area contributed by atoms with Crippen LogP contribution in [0, 0.1) is 5.82 Å². The van der Waals surface area contributed by atoms with Gasteiger partial charge in [-0.3, -0.25) is 14.5 Å². The van der Waals surface area contributed by atoms with Crippen LogP contribution < -0.4 is 21.1 Å². The van der Waals surface area contributed by atoms with Crippen LogP contribution in [0.5, 0.6) is 11.5 Å². The number of nitrogens with two attached hydrogens (primary N) is 1. The zero-order chi connectivity index (χ0) is 25.1. The summed E-state index contributed by atoms with van der Waals surface area (Å²) in [6.45, 7) is 3.22. The highest BCUT2D eigenvalue weighted by Crippen LogP contribution is 2.31. The number of likely N-dealkylation sites (tertiary alicyclic amines) is 1. The highest BCUT2D eigenvalue weighted by Gasteiger charge is 2.25. The summed E-state index contributed by atoms with van der Waals surface area (Å²) in [5.41, 5.74) is 7.18. The van der Waals surface area contributed by atoms with Gasteiger partial charge in [0.25, 0.3) is 5.91 Å². The first-order chi connectivity index (χ1) is 17.4. The van der Waals surface area contributed by atoms with Crippen molar-refractivity contribution in [2.45, 2.75) is 31.8 Å². The van der Waals surface area contributed by atoms with E-state index in [-0.39, 0.29) is 17.4 Å². The highest BCUT2D eigenvalue weighted by molar-refractivity contribution is 5.92. The summed E-state index contributed by atoms with van der Waals surface area (Å²) in [6, 6.07) is 12.4. The van der Waals surface area contributed by atoms with E-state index in [4.69, 9.17) is 10.5 Å². The third-order valence-corrected chi connectivity index (χ3v) is 6.30. The summed E-state index contributed by atoms with van der Waals surface area (Å²) in [7, 11) is 0. The zero-order valence-electron chi connectivity index (χ0n) is 19.7. The number of amides is 2. The molecule has 186 valence electrons. The number of carbonyl (C=O) groups is 2. The maximum atomic E-state index is 13.4. The highest BCUT2D eigenvalue weighted by atomic mass is 19.1. The molecule has 5 rings (SSSR count). The van der Waals surface area contributed by atoms with Gasteiger partial charge in [-0.25, -0.2) is 14.4 Å². The van der Waals surface area contributed by atoms with E-state index in [1.807, 2.05) is 12.1 Å². The number of hydrogen-bond acceptors (Lipinski definition) is 7. The Morgan fingerprint density at radius 1 is 1.14 bits per heavy atom. The van der Waals surface area contributed by atoms with Crippen LogP contribution in [0.15, 0.2) is 48.5 Å². The minimum atomic E-state index is -0.689. The smallest absolute Gasteiger partial charge is 0.267 e. The fourth-order valence-corrected chi connectivity index (χ4v) is 4.44. The van der Waals surface area contributed by atoms with Crippen molar-refractivity contribution in [3.05, 3.63) is 65.6 Å². The first kappa shape index (κ1) is 23.7. The van der Waals surface area contributed by atoms with Crippen molar-refractivity contribution in [1.29, 1.82) is 0 Å². The fourth-order valence-electron chi connectivity index (χ4n) is 4.44. The standard InChI is InChI=1S/C26H27FN6O3/c27-18-4-6-19(7-5-18)36-22-8-3-16(13-17(22)15-33-11-1-2-12-33)25-31-21(24(28)34)14-23(32-25)30-20-9-10-29-26(20)35/h3-8,13-14,20H,1-2,9-12,15H2,(H2,28,34)(H,29,35)(H,30,31,32)/t20-/m0/s1. The van der Waals surface area contributed by atoms with Gasteiger partial charge in [-0.15, -0.1) is 0 Å². The second-order valence-corrected chi connectivity index (χ2v) is 8.96. The molecule has 9 nitrogen and oxygen atoms in total. The molecule has 0 bridgehead atoms. The van der Waals surface area contributed by atoms with Crippen molar-refractivity contribution in [2.75, 3.05) is 25.0 Å². The van der Waals surface area contributed by atoms with Crippen LogP contribution in [0.4, 0.5) is 10.2 Å². The molecule has 3 aromatic rings. The summed E-state index contributed by atoms with van der Waals surface area (Å²) in [5.74, 6) is 0.689. The number of nitrogens with one attached hydrogen (secondary N) is 2. The number of rotatable bonds is 8. The molecule has 0 spiro atoms. The monoisotopic (exact) mass is 490 g/mol. The Hall–Kier alpha value is -4.05. The van der Waals surface area contributed by atoms with Crippen molar-refractivity contribution >= 4 is 17.6 Å². The number of primary amides is 1. The van der Waals surface area contributed by atoms with E-state index in [0.717, 1.165) is 31.5 Å². The third kappa shape index (κ3) is 5.44. The third-order valence-electron chi connectivity index (χ3n) is 6.30. The number of aromatic nitrogens is 2. The second-order valence-electron chi connectivity index (χ2n) is 8.96. The molecule has 2 amide bonds. The molecule has 0 unspecified atom stereocenters. The number of benzene rings is 2. The van der Waals surface area contributed by atoms with Crippen molar-refractivity contribution in [1.82, 2.24) is 20.2 Å². The molecule has 4 N–H and O–H groups in total. The molecule has 2 aliphatic rings. The molecule has 3 heterocycles. The van der Waals surface area contributed by atoms with Gasteiger partial charge in [-0.2, -0.15) is 0 Å². The average Bonchev–Trinajstić information content (AvgIpc) is 3.53. The fraction of sp³-hybridized carbons (Fsp3) is 0.308. The Labute approximate surface area is 207 Å². The second kappa shape index (κ2) is 10.3. The maximum Gasteiger partial charge on any atom is 0.267 e. The molecule has 0 saturated carbocycles. The zero-order valence-corrected chi connectivity index (χ0v) is 19.7. The lowest BCUT2D eigenvalue weighted by molar-refractivity contribution is -0.119. The van der Waals surface area contributed by atoms with Crippen molar-refractivity contribution in [2.24, 2.45) is 5.73 Å². The molecule has 1 aromatic heterocycles. The van der Waals surface area contributed by atoms with Crippen LogP contribution >= 0.6 is 0 Å². The van der Waals surface area contributed by atoms with E-state index >= 15 is 0 Å². The predicted molar refractivity (Wildman–Crippen MR) is 132 cm³/mol. The molecule has 0 radical (unpaired) electrons. The van der Waals surface area contributed by atoms with E-state index < -0.39 is 11.9 Å². The molecule has 0 aliphatic carbocycles. The maximum absolute atomic E-state index is 13.4. The summed E-state index contributed by atoms with van der Waals surface area (Å²) in [4.78, 5) is 35.3. The molecule has 2 aliphatic heterocycles. The Morgan fingerprint density at radius 3 is 2.61 bits per heavy atom. The van der Waals surface area contributed by atoms with Gasteiger partial charge in [0.05, 0.1) is 0 Å². The van der Waals surface area contributed by atoms with E-state index in [9.17, 15) is 14.0 Å². The van der Waals surface area contributed by atoms with Gasteiger partial charge in [-0.05, 0) is 74.8 Å². The minimum Gasteiger partial charge on any atom is -0.457 e. The van der Waals surface area contributed by atoms with Crippen LogP contribution in [-0.4, -0.2) is 52.4 Å². The Balaban J connectivity index is 1.49. The topological polar surface area (TPSA) is 122 Å². The van der Waals surface area contributed by atoms with Crippen LogP contribution in [0.3, 0.4) is 0 Å². The first-order valence-electron chi connectivity index (χ1n) is 12.0. The number of halogens is 1. The number of carbonyl (C=O) groups excluding carboxylic acids is 2. The van der Waals surface area contributed by atoms with E-state index in [1.165, 1.54) is 18.2 Å². The van der Waals surface area contributed by atoms with Gasteiger partial charge in [0.15, 0.2) is 5.82 Å². The molecule has 1 atom stereocenters. The molecule has 2 fully saturated rings. The Kier molecular flexibility index (Phi) is 6.77. The van der Waals surface area contributed by atoms with Gasteiger partial charge < -0.3 is 21.1 Å². The van der Waals surface area contributed by atoms with Crippen molar-refractivity contribution in [3.8, 4) is 22.9 Å². The lowest BCUT2D eigenvalue weighted by Crippen LogP contribution is -2.30. The summed E-state index contributed by atoms with van der Waals surface area (Å²) in [5, 5.41) is 5.85. The SMILES string of the molecule is NC(=O)c1cc(N[C@H]2CCNC2=O)nc(-c2ccc(Oc3ccc(F)cc3)c(CN3CCCC3)c2)n1. The lowest BCUT2D eigenvalue weighted by Gasteiger charge is -2.19. The van der Waals surface area contributed by atoms with Crippen LogP contribution in [0.25, 0.3) is 11.4 Å². The number of hydrogen-bond donors (Lipinski definition) is 3. The van der Waals surface area contributed by atoms with Gasteiger partial charge >= 0.3 is 0 Å². The Bertz CT molecular complexity index is 1280. The average molecular weight is 491 g/mol. The molecular weight excluding hydrogens is 463 g/mol. The van der Waals surface area contributed by atoms with Gasteiger partial charge in [-0.1, -0.05) is 0 Å². The molecule has 2 aromatic carbocycles. The van der Waals surface area contributed by atoms with Gasteiger partial charge in [0, 0.05) is 30.3 Å². The predicted octanol–water partition coefficient (Wildman–Crippen LogP) is 3.07. The largest absolute Gasteiger partial charge is 0.457 e. The molecule has 2 saturated heterocycles. The van der Waals surface area contributed by atoms with Gasteiger partial charge in [0.1, 0.15) is 34.9 Å². The van der Waals surface area contributed by atoms with Crippen molar-refractivity contribution in [3.63, 3.8) is 0 Å². The normalized spacial score (nSPS) is 17.7. The first-order valence-corrected chi connectivity index (χ1v) is 12.0. The summed E-state index contributed by atoms with van der Waals surface area (Å²) < 4.78 is 19.4. The number of ether oxygens (including phenoxy) is 1. The summed E-state index contributed by atoms with van der Waals surface area (Å²) >= 11 is 0. The van der Waals surface area contributed by atoms with Crippen LogP contribution in [0.2, 0.25) is 0 Å². The Morgan fingerprint density at radius 2 is 1.92 bits per heavy atom.